The maximum Gasteiger partial charge on any atom is 0.119 e. The molecule has 1 aliphatic rings. The number of nitrogens with two attached hydrogens (primary N) is 1. The van der Waals surface area contributed by atoms with E-state index in [-0.39, 0.29) is 5.54 Å². The van der Waals surface area contributed by atoms with Gasteiger partial charge in [0, 0.05) is 5.54 Å². The molecule has 1 saturated carbocycles. The fourth-order valence-corrected chi connectivity index (χ4v) is 2.36. The molecular formula is C13H19NO. The number of hydrogen-bond donors (Lipinski definition) is 1. The van der Waals surface area contributed by atoms with E-state index in [0.717, 1.165) is 18.6 Å². The van der Waals surface area contributed by atoms with Crippen molar-refractivity contribution in [3.8, 4) is 5.75 Å². The van der Waals surface area contributed by atoms with Crippen LogP contribution < -0.4 is 10.5 Å². The molecule has 15 heavy (non-hydrogen) atoms. The first kappa shape index (κ1) is 10.5. The van der Waals surface area contributed by atoms with E-state index >= 15 is 0 Å². The number of benzene rings is 1. The van der Waals surface area contributed by atoms with E-state index in [4.69, 9.17) is 10.5 Å². The van der Waals surface area contributed by atoms with Crippen LogP contribution in [0.15, 0.2) is 24.3 Å². The Bertz CT molecular complexity index is 329. The molecule has 2 nitrogen and oxygen atoms in total. The summed E-state index contributed by atoms with van der Waals surface area (Å²) in [5.74, 6) is 0.937. The Balaban J connectivity index is 2.23. The molecule has 0 heterocycles. The molecule has 2 heteroatoms. The van der Waals surface area contributed by atoms with Gasteiger partial charge in [0.2, 0.25) is 0 Å². The Hall–Kier alpha value is -1.02. The zero-order chi connectivity index (χ0) is 10.7. The Morgan fingerprint density at radius 3 is 2.73 bits per heavy atom. The number of ether oxygens (including phenoxy) is 1. The molecule has 0 radical (unpaired) electrons. The molecule has 0 unspecified atom stereocenters. The highest BCUT2D eigenvalue weighted by atomic mass is 16.5. The molecule has 1 aromatic rings. The Kier molecular flexibility index (Phi) is 2.96. The van der Waals surface area contributed by atoms with Gasteiger partial charge < -0.3 is 10.5 Å². The summed E-state index contributed by atoms with van der Waals surface area (Å²) in [6.45, 7) is 2.71. The van der Waals surface area contributed by atoms with Gasteiger partial charge in [-0.05, 0) is 37.5 Å². The van der Waals surface area contributed by atoms with Crippen molar-refractivity contribution in [3.05, 3.63) is 29.8 Å². The van der Waals surface area contributed by atoms with Crippen molar-refractivity contribution in [2.45, 2.75) is 38.1 Å². The van der Waals surface area contributed by atoms with Gasteiger partial charge in [-0.2, -0.15) is 0 Å². The number of hydrogen-bond acceptors (Lipinski definition) is 2. The third-order valence-corrected chi connectivity index (χ3v) is 3.22. The average Bonchev–Trinajstić information content (AvgIpc) is 2.68. The summed E-state index contributed by atoms with van der Waals surface area (Å²) in [5.41, 5.74) is 7.51. The lowest BCUT2D eigenvalue weighted by atomic mass is 9.89. The second kappa shape index (κ2) is 4.23. The van der Waals surface area contributed by atoms with Crippen molar-refractivity contribution < 1.29 is 4.74 Å². The predicted molar refractivity (Wildman–Crippen MR) is 61.9 cm³/mol. The molecule has 0 aliphatic heterocycles. The zero-order valence-corrected chi connectivity index (χ0v) is 9.33. The first-order chi connectivity index (χ1) is 7.24. The summed E-state index contributed by atoms with van der Waals surface area (Å²) in [6, 6.07) is 8.24. The Morgan fingerprint density at radius 1 is 1.33 bits per heavy atom. The lowest BCUT2D eigenvalue weighted by Gasteiger charge is -2.24. The summed E-state index contributed by atoms with van der Waals surface area (Å²) in [4.78, 5) is 0. The molecule has 0 saturated heterocycles. The standard InChI is InChI=1S/C13H19NO/c1-2-15-12-7-5-6-11(10-12)13(14)8-3-4-9-13/h5-7,10H,2-4,8-9,14H2,1H3. The van der Waals surface area contributed by atoms with Crippen molar-refractivity contribution in [2.24, 2.45) is 5.73 Å². The molecule has 1 fully saturated rings. The highest BCUT2D eigenvalue weighted by Crippen LogP contribution is 2.37. The lowest BCUT2D eigenvalue weighted by molar-refractivity contribution is 0.338. The van der Waals surface area contributed by atoms with Gasteiger partial charge in [0.1, 0.15) is 5.75 Å². The molecule has 0 aromatic heterocycles. The van der Waals surface area contributed by atoms with E-state index in [0.29, 0.717) is 6.61 Å². The monoisotopic (exact) mass is 205 g/mol. The third kappa shape index (κ3) is 2.15. The molecule has 2 N–H and O–H groups in total. The van der Waals surface area contributed by atoms with Crippen LogP contribution in [0, 0.1) is 0 Å². The fourth-order valence-electron chi connectivity index (χ4n) is 2.36. The highest BCUT2D eigenvalue weighted by molar-refractivity contribution is 5.33. The topological polar surface area (TPSA) is 35.2 Å². The van der Waals surface area contributed by atoms with Crippen LogP contribution in [0.2, 0.25) is 0 Å². The quantitative estimate of drug-likeness (QED) is 0.823. The van der Waals surface area contributed by atoms with Crippen LogP contribution in [0.5, 0.6) is 5.75 Å². The predicted octanol–water partition coefficient (Wildman–Crippen LogP) is 2.81. The van der Waals surface area contributed by atoms with Gasteiger partial charge in [0.05, 0.1) is 6.61 Å². The molecule has 1 aliphatic carbocycles. The van der Waals surface area contributed by atoms with Crippen LogP contribution in [-0.4, -0.2) is 6.61 Å². The minimum absolute atomic E-state index is 0.104. The van der Waals surface area contributed by atoms with Gasteiger partial charge in [0.25, 0.3) is 0 Å². The van der Waals surface area contributed by atoms with Crippen LogP contribution in [0.25, 0.3) is 0 Å². The van der Waals surface area contributed by atoms with Crippen molar-refractivity contribution in [3.63, 3.8) is 0 Å². The first-order valence-electron chi connectivity index (χ1n) is 5.77. The smallest absolute Gasteiger partial charge is 0.119 e. The maximum absolute atomic E-state index is 6.39. The van der Waals surface area contributed by atoms with Gasteiger partial charge in [-0.25, -0.2) is 0 Å². The van der Waals surface area contributed by atoms with Crippen LogP contribution in [0.1, 0.15) is 38.2 Å². The highest BCUT2D eigenvalue weighted by Gasteiger charge is 2.31. The van der Waals surface area contributed by atoms with Crippen LogP contribution in [0.4, 0.5) is 0 Å². The van der Waals surface area contributed by atoms with Gasteiger partial charge >= 0.3 is 0 Å². The molecule has 0 amide bonds. The zero-order valence-electron chi connectivity index (χ0n) is 9.33. The van der Waals surface area contributed by atoms with Crippen molar-refractivity contribution in [1.82, 2.24) is 0 Å². The van der Waals surface area contributed by atoms with Crippen molar-refractivity contribution in [1.29, 1.82) is 0 Å². The molecular weight excluding hydrogens is 186 g/mol. The third-order valence-electron chi connectivity index (χ3n) is 3.22. The Labute approximate surface area is 91.4 Å². The van der Waals surface area contributed by atoms with E-state index in [1.165, 1.54) is 18.4 Å². The van der Waals surface area contributed by atoms with Crippen molar-refractivity contribution >= 4 is 0 Å². The normalized spacial score (nSPS) is 19.1. The molecule has 0 spiro atoms. The van der Waals surface area contributed by atoms with Crippen LogP contribution in [0.3, 0.4) is 0 Å². The van der Waals surface area contributed by atoms with E-state index in [2.05, 4.69) is 12.1 Å². The van der Waals surface area contributed by atoms with Gasteiger partial charge in [-0.1, -0.05) is 25.0 Å². The summed E-state index contributed by atoms with van der Waals surface area (Å²) < 4.78 is 5.50. The summed E-state index contributed by atoms with van der Waals surface area (Å²) in [5, 5.41) is 0. The SMILES string of the molecule is CCOc1cccc(C2(N)CCCC2)c1. The van der Waals surface area contributed by atoms with Gasteiger partial charge in [-0.15, -0.1) is 0 Å². The molecule has 0 atom stereocenters. The largest absolute Gasteiger partial charge is 0.494 e. The summed E-state index contributed by atoms with van der Waals surface area (Å²) >= 11 is 0. The van der Waals surface area contributed by atoms with Gasteiger partial charge in [0.15, 0.2) is 0 Å². The summed E-state index contributed by atoms with van der Waals surface area (Å²) in [7, 11) is 0. The molecule has 1 aromatic carbocycles. The van der Waals surface area contributed by atoms with E-state index < -0.39 is 0 Å². The van der Waals surface area contributed by atoms with E-state index in [9.17, 15) is 0 Å². The maximum atomic E-state index is 6.39. The van der Waals surface area contributed by atoms with Gasteiger partial charge in [-0.3, -0.25) is 0 Å². The lowest BCUT2D eigenvalue weighted by Crippen LogP contribution is -2.32. The van der Waals surface area contributed by atoms with Crippen LogP contribution >= 0.6 is 0 Å². The fraction of sp³-hybridized carbons (Fsp3) is 0.538. The second-order valence-corrected chi connectivity index (χ2v) is 4.32. The minimum Gasteiger partial charge on any atom is -0.494 e. The molecule has 0 bridgehead atoms. The minimum atomic E-state index is -0.104. The summed E-state index contributed by atoms with van der Waals surface area (Å²) in [6.07, 6.45) is 4.69. The first-order valence-corrected chi connectivity index (χ1v) is 5.77. The molecule has 82 valence electrons. The molecule has 2 rings (SSSR count). The number of rotatable bonds is 3. The van der Waals surface area contributed by atoms with E-state index in [1.807, 2.05) is 19.1 Å². The second-order valence-electron chi connectivity index (χ2n) is 4.32. The Morgan fingerprint density at radius 2 is 2.07 bits per heavy atom. The van der Waals surface area contributed by atoms with Crippen LogP contribution in [-0.2, 0) is 5.54 Å². The van der Waals surface area contributed by atoms with E-state index in [1.54, 1.807) is 0 Å². The average molecular weight is 205 g/mol. The van der Waals surface area contributed by atoms with Crippen molar-refractivity contribution in [2.75, 3.05) is 6.61 Å².